The fourth-order valence-corrected chi connectivity index (χ4v) is 1.19. The van der Waals surface area contributed by atoms with Crippen molar-refractivity contribution in [3.05, 3.63) is 0 Å². The van der Waals surface area contributed by atoms with Crippen LogP contribution in [0, 0.1) is 5.92 Å². The molecule has 0 bridgehead atoms. The molecule has 10 heavy (non-hydrogen) atoms. The minimum absolute atomic E-state index is 0.743. The highest BCUT2D eigenvalue weighted by molar-refractivity contribution is 6.18. The number of halogens is 1. The number of hydrogen-bond donors (Lipinski definition) is 0. The highest BCUT2D eigenvalue weighted by atomic mass is 35.5. The molecule has 0 aliphatic carbocycles. The summed E-state index contributed by atoms with van der Waals surface area (Å²) in [5.74, 6) is 1.54. The molecule has 62 valence electrons. The van der Waals surface area contributed by atoms with Gasteiger partial charge < -0.3 is 4.90 Å². The molecule has 0 aliphatic heterocycles. The molecular weight excluding hydrogens is 146 g/mol. The van der Waals surface area contributed by atoms with E-state index in [4.69, 9.17) is 11.6 Å². The van der Waals surface area contributed by atoms with Gasteiger partial charge in [-0.05, 0) is 13.0 Å². The fourth-order valence-electron chi connectivity index (χ4n) is 0.897. The van der Waals surface area contributed by atoms with Crippen molar-refractivity contribution in [3.8, 4) is 0 Å². The van der Waals surface area contributed by atoms with Crippen molar-refractivity contribution in [2.24, 2.45) is 5.92 Å². The van der Waals surface area contributed by atoms with Crippen LogP contribution in [0.4, 0.5) is 0 Å². The van der Waals surface area contributed by atoms with Crippen LogP contribution in [0.5, 0.6) is 0 Å². The van der Waals surface area contributed by atoms with Gasteiger partial charge in [-0.1, -0.05) is 20.3 Å². The number of rotatable bonds is 5. The Morgan fingerprint density at radius 1 is 1.50 bits per heavy atom. The quantitative estimate of drug-likeness (QED) is 0.562. The number of nitrogens with zero attached hydrogens (tertiary/aromatic N) is 1. The van der Waals surface area contributed by atoms with Crippen molar-refractivity contribution in [3.63, 3.8) is 0 Å². The summed E-state index contributed by atoms with van der Waals surface area (Å²) in [7, 11) is 2.12. The van der Waals surface area contributed by atoms with Gasteiger partial charge >= 0.3 is 0 Å². The van der Waals surface area contributed by atoms with E-state index in [2.05, 4.69) is 25.8 Å². The van der Waals surface area contributed by atoms with E-state index in [1.807, 2.05) is 0 Å². The summed E-state index contributed by atoms with van der Waals surface area (Å²) in [6.07, 6.45) is 1.26. The molecule has 0 heterocycles. The SMILES string of the molecule is CCC(C)CN(C)CCCl. The van der Waals surface area contributed by atoms with Crippen molar-refractivity contribution in [2.75, 3.05) is 26.0 Å². The predicted molar refractivity (Wildman–Crippen MR) is 47.7 cm³/mol. The third-order valence-electron chi connectivity index (χ3n) is 1.79. The van der Waals surface area contributed by atoms with Gasteiger partial charge in [0.25, 0.3) is 0 Å². The monoisotopic (exact) mass is 163 g/mol. The second-order valence-electron chi connectivity index (χ2n) is 2.96. The molecule has 0 fully saturated rings. The molecular formula is C8H18ClN. The average molecular weight is 164 g/mol. The molecule has 1 atom stereocenters. The Bertz CT molecular complexity index is 75.7. The Labute approximate surface area is 69.4 Å². The van der Waals surface area contributed by atoms with Crippen LogP contribution in [0.2, 0.25) is 0 Å². The normalized spacial score (nSPS) is 14.1. The summed E-state index contributed by atoms with van der Waals surface area (Å²) in [5, 5.41) is 0. The zero-order valence-electron chi connectivity index (χ0n) is 7.23. The first-order valence-electron chi connectivity index (χ1n) is 3.95. The molecule has 0 radical (unpaired) electrons. The van der Waals surface area contributed by atoms with Crippen LogP contribution in [0.3, 0.4) is 0 Å². The van der Waals surface area contributed by atoms with Crippen LogP contribution in [0.25, 0.3) is 0 Å². The van der Waals surface area contributed by atoms with E-state index in [1.54, 1.807) is 0 Å². The smallest absolute Gasteiger partial charge is 0.0351 e. The van der Waals surface area contributed by atoms with Crippen molar-refractivity contribution < 1.29 is 0 Å². The number of alkyl halides is 1. The second-order valence-corrected chi connectivity index (χ2v) is 3.34. The third-order valence-corrected chi connectivity index (χ3v) is 1.96. The van der Waals surface area contributed by atoms with Crippen LogP contribution in [0.15, 0.2) is 0 Å². The molecule has 2 heteroatoms. The molecule has 0 aliphatic rings. The molecule has 1 unspecified atom stereocenters. The first kappa shape index (κ1) is 10.2. The standard InChI is InChI=1S/C8H18ClN/c1-4-8(2)7-10(3)6-5-9/h8H,4-7H2,1-3H3. The second kappa shape index (κ2) is 5.99. The van der Waals surface area contributed by atoms with Gasteiger partial charge in [-0.3, -0.25) is 0 Å². The topological polar surface area (TPSA) is 3.24 Å². The third kappa shape index (κ3) is 5.07. The molecule has 1 nitrogen and oxygen atoms in total. The van der Waals surface area contributed by atoms with Crippen LogP contribution >= 0.6 is 11.6 Å². The molecule has 0 aromatic carbocycles. The summed E-state index contributed by atoms with van der Waals surface area (Å²) in [6, 6.07) is 0. The Kier molecular flexibility index (Phi) is 6.14. The maximum Gasteiger partial charge on any atom is 0.0351 e. The molecule has 0 saturated carbocycles. The van der Waals surface area contributed by atoms with E-state index in [0.29, 0.717) is 0 Å². The highest BCUT2D eigenvalue weighted by Crippen LogP contribution is 2.01. The maximum absolute atomic E-state index is 5.58. The molecule has 0 rings (SSSR count). The Morgan fingerprint density at radius 2 is 2.10 bits per heavy atom. The van der Waals surface area contributed by atoms with Gasteiger partial charge in [0, 0.05) is 19.0 Å². The summed E-state index contributed by atoms with van der Waals surface area (Å²) in [5.41, 5.74) is 0. The first-order chi connectivity index (χ1) is 4.70. The Morgan fingerprint density at radius 3 is 2.50 bits per heavy atom. The lowest BCUT2D eigenvalue weighted by Gasteiger charge is -2.18. The molecule has 0 aromatic heterocycles. The van der Waals surface area contributed by atoms with E-state index in [-0.39, 0.29) is 0 Å². The number of hydrogen-bond acceptors (Lipinski definition) is 1. The van der Waals surface area contributed by atoms with E-state index in [1.165, 1.54) is 13.0 Å². The summed E-state index contributed by atoms with van der Waals surface area (Å²) < 4.78 is 0. The minimum atomic E-state index is 0.743. The van der Waals surface area contributed by atoms with Gasteiger partial charge in [-0.15, -0.1) is 11.6 Å². The summed E-state index contributed by atoms with van der Waals surface area (Å²) in [6.45, 7) is 6.67. The van der Waals surface area contributed by atoms with Gasteiger partial charge in [0.05, 0.1) is 0 Å². The molecule has 0 N–H and O–H groups in total. The average Bonchev–Trinajstić information content (AvgIpc) is 1.88. The highest BCUT2D eigenvalue weighted by Gasteiger charge is 2.02. The molecule has 0 spiro atoms. The molecule has 0 saturated heterocycles. The zero-order valence-corrected chi connectivity index (χ0v) is 7.99. The maximum atomic E-state index is 5.58. The largest absolute Gasteiger partial charge is 0.305 e. The van der Waals surface area contributed by atoms with Crippen LogP contribution in [-0.2, 0) is 0 Å². The van der Waals surface area contributed by atoms with E-state index < -0.39 is 0 Å². The lowest BCUT2D eigenvalue weighted by atomic mass is 10.1. The fraction of sp³-hybridized carbons (Fsp3) is 1.00. The van der Waals surface area contributed by atoms with Gasteiger partial charge in [-0.25, -0.2) is 0 Å². The Balaban J connectivity index is 3.27. The lowest BCUT2D eigenvalue weighted by Crippen LogP contribution is -2.25. The Hall–Kier alpha value is 0.250. The first-order valence-corrected chi connectivity index (χ1v) is 4.48. The lowest BCUT2D eigenvalue weighted by molar-refractivity contribution is 0.297. The minimum Gasteiger partial charge on any atom is -0.305 e. The predicted octanol–water partition coefficient (Wildman–Crippen LogP) is 2.20. The summed E-state index contributed by atoms with van der Waals surface area (Å²) >= 11 is 5.58. The van der Waals surface area contributed by atoms with Crippen LogP contribution < -0.4 is 0 Å². The van der Waals surface area contributed by atoms with Gasteiger partial charge in [0.15, 0.2) is 0 Å². The summed E-state index contributed by atoms with van der Waals surface area (Å²) in [4.78, 5) is 2.28. The van der Waals surface area contributed by atoms with Gasteiger partial charge in [0.2, 0.25) is 0 Å². The van der Waals surface area contributed by atoms with Crippen molar-refractivity contribution in [1.82, 2.24) is 4.90 Å². The van der Waals surface area contributed by atoms with E-state index in [0.717, 1.165) is 18.3 Å². The van der Waals surface area contributed by atoms with E-state index in [9.17, 15) is 0 Å². The van der Waals surface area contributed by atoms with E-state index >= 15 is 0 Å². The van der Waals surface area contributed by atoms with Crippen molar-refractivity contribution in [2.45, 2.75) is 20.3 Å². The van der Waals surface area contributed by atoms with Crippen molar-refractivity contribution >= 4 is 11.6 Å². The van der Waals surface area contributed by atoms with Crippen molar-refractivity contribution in [1.29, 1.82) is 0 Å². The van der Waals surface area contributed by atoms with Gasteiger partial charge in [0.1, 0.15) is 0 Å². The van der Waals surface area contributed by atoms with Crippen LogP contribution in [0.1, 0.15) is 20.3 Å². The molecule has 0 amide bonds. The zero-order chi connectivity index (χ0) is 7.98. The van der Waals surface area contributed by atoms with Crippen LogP contribution in [-0.4, -0.2) is 30.9 Å². The van der Waals surface area contributed by atoms with Gasteiger partial charge in [-0.2, -0.15) is 0 Å². The molecule has 0 aromatic rings.